The Kier molecular flexibility index (Phi) is 12.4. The lowest BCUT2D eigenvalue weighted by atomic mass is 9.83. The van der Waals surface area contributed by atoms with E-state index in [-0.39, 0.29) is 47.1 Å². The first-order chi connectivity index (χ1) is 23.5. The van der Waals surface area contributed by atoms with E-state index in [2.05, 4.69) is 26.6 Å². The molecular weight excluding hydrogens is 657 g/mol. The molecule has 0 unspecified atom stereocenters. The smallest absolute Gasteiger partial charge is 0.247 e. The van der Waals surface area contributed by atoms with Gasteiger partial charge in [-0.3, -0.25) is 19.2 Å². The average Bonchev–Trinajstić information content (AvgIpc) is 3.28. The van der Waals surface area contributed by atoms with Crippen molar-refractivity contribution in [1.82, 2.24) is 31.5 Å². The van der Waals surface area contributed by atoms with Crippen LogP contribution < -0.4 is 26.6 Å². The third-order valence-electron chi connectivity index (χ3n) is 10.0. The van der Waals surface area contributed by atoms with Crippen LogP contribution >= 0.6 is 24.0 Å². The van der Waals surface area contributed by atoms with Gasteiger partial charge in [-0.25, -0.2) is 0 Å². The van der Waals surface area contributed by atoms with Crippen molar-refractivity contribution in [2.45, 2.75) is 107 Å². The molecule has 2 aromatic rings. The monoisotopic (exact) mass is 706 g/mol. The number of thiocarbonyl (C=S) groups is 1. The number of nitrogens with zero attached hydrogens (tertiary/aromatic N) is 1. The zero-order valence-corrected chi connectivity index (χ0v) is 30.5. The molecule has 0 radical (unpaired) electrons. The van der Waals surface area contributed by atoms with Crippen molar-refractivity contribution >= 4 is 52.6 Å². The molecule has 3 fully saturated rings. The Balaban J connectivity index is 1.25. The number of fused-ring (bicyclic) bond motifs is 1. The number of nitrogens with one attached hydrogen (secondary N) is 5. The highest BCUT2D eigenvalue weighted by atomic mass is 32.2. The van der Waals surface area contributed by atoms with E-state index in [4.69, 9.17) is 12.2 Å². The Morgan fingerprint density at radius 3 is 2.16 bits per heavy atom. The van der Waals surface area contributed by atoms with Gasteiger partial charge in [0.1, 0.15) is 18.1 Å². The van der Waals surface area contributed by atoms with E-state index in [0.29, 0.717) is 29.8 Å². The van der Waals surface area contributed by atoms with Gasteiger partial charge in [-0.05, 0) is 74.8 Å². The zero-order chi connectivity index (χ0) is 35.1. The quantitative estimate of drug-likeness (QED) is 0.224. The summed E-state index contributed by atoms with van der Waals surface area (Å²) in [6.07, 6.45) is 4.57. The molecule has 12 heteroatoms. The van der Waals surface area contributed by atoms with Crippen molar-refractivity contribution < 1.29 is 19.2 Å². The van der Waals surface area contributed by atoms with Crippen molar-refractivity contribution in [3.05, 3.63) is 71.8 Å². The van der Waals surface area contributed by atoms with E-state index in [0.717, 1.165) is 37.0 Å². The minimum Gasteiger partial charge on any atom is -0.367 e. The summed E-state index contributed by atoms with van der Waals surface area (Å²) in [5.41, 5.74) is 1.13. The molecule has 1 saturated carbocycles. The van der Waals surface area contributed by atoms with Crippen LogP contribution in [0.2, 0.25) is 0 Å². The van der Waals surface area contributed by atoms with Gasteiger partial charge in [-0.15, -0.1) is 11.8 Å². The molecule has 0 spiro atoms. The predicted molar refractivity (Wildman–Crippen MR) is 198 cm³/mol. The van der Waals surface area contributed by atoms with Gasteiger partial charge in [0, 0.05) is 12.1 Å². The molecule has 3 aliphatic rings. The highest BCUT2D eigenvalue weighted by molar-refractivity contribution is 7.99. The van der Waals surface area contributed by atoms with E-state index in [9.17, 15) is 19.2 Å². The van der Waals surface area contributed by atoms with Gasteiger partial charge in [-0.1, -0.05) is 86.7 Å². The number of amides is 4. The van der Waals surface area contributed by atoms with Crippen molar-refractivity contribution in [3.63, 3.8) is 0 Å². The summed E-state index contributed by atoms with van der Waals surface area (Å²) < 4.78 is 0. The molecule has 4 amide bonds. The SMILES string of the molecule is CN[C@@H](C)C(=S)N[C@H]1CCS[C@H]2CC(C)(C)[C@@H](C(=O)N[C@H](C(=O)NC3CCC(NC(=O)Cc4ccccc4)CC3)c3ccccc3)N2C1=O. The first-order valence-corrected chi connectivity index (χ1v) is 18.8. The second kappa shape index (κ2) is 16.5. The van der Waals surface area contributed by atoms with Gasteiger partial charge >= 0.3 is 0 Å². The normalized spacial score (nSPS) is 26.0. The van der Waals surface area contributed by atoms with Crippen LogP contribution in [-0.2, 0) is 25.6 Å². The van der Waals surface area contributed by atoms with Gasteiger partial charge < -0.3 is 31.5 Å². The maximum atomic E-state index is 14.3. The highest BCUT2D eigenvalue weighted by Crippen LogP contribution is 2.46. The number of hydrogen-bond donors (Lipinski definition) is 5. The van der Waals surface area contributed by atoms with Gasteiger partial charge in [0.25, 0.3) is 0 Å². The van der Waals surface area contributed by atoms with Crippen LogP contribution in [0.1, 0.15) is 76.5 Å². The van der Waals surface area contributed by atoms with Crippen molar-refractivity contribution in [3.8, 4) is 0 Å². The molecular formula is C37H50N6O4S2. The molecule has 10 nitrogen and oxygen atoms in total. The number of hydrogen-bond acceptors (Lipinski definition) is 7. The Labute approximate surface area is 299 Å². The van der Waals surface area contributed by atoms with Crippen molar-refractivity contribution in [2.24, 2.45) is 5.41 Å². The van der Waals surface area contributed by atoms with E-state index < -0.39 is 23.5 Å². The Bertz CT molecular complexity index is 1480. The minimum absolute atomic E-state index is 0.00115. The number of thioether (sulfide) groups is 1. The lowest BCUT2D eigenvalue weighted by Gasteiger charge is -2.35. The molecule has 49 heavy (non-hydrogen) atoms. The van der Waals surface area contributed by atoms with Crippen molar-refractivity contribution in [1.29, 1.82) is 0 Å². The summed E-state index contributed by atoms with van der Waals surface area (Å²) in [4.78, 5) is 57.3. The van der Waals surface area contributed by atoms with E-state index in [1.807, 2.05) is 88.5 Å². The summed E-state index contributed by atoms with van der Waals surface area (Å²) in [7, 11) is 1.82. The van der Waals surface area contributed by atoms with Crippen LogP contribution in [0.5, 0.6) is 0 Å². The fourth-order valence-electron chi connectivity index (χ4n) is 7.17. The van der Waals surface area contributed by atoms with Gasteiger partial charge in [-0.2, -0.15) is 0 Å². The number of carbonyl (C=O) groups excluding carboxylic acids is 4. The maximum absolute atomic E-state index is 14.3. The lowest BCUT2D eigenvalue weighted by Crippen LogP contribution is -2.58. The third-order valence-corrected chi connectivity index (χ3v) is 11.7. The van der Waals surface area contributed by atoms with E-state index >= 15 is 0 Å². The molecule has 5 rings (SSSR count). The molecule has 2 aromatic carbocycles. The summed E-state index contributed by atoms with van der Waals surface area (Å²) in [5, 5.41) is 15.6. The first-order valence-electron chi connectivity index (χ1n) is 17.4. The number of carbonyl (C=O) groups is 4. The second-order valence-corrected chi connectivity index (χ2v) is 15.9. The molecule has 1 aliphatic carbocycles. The molecule has 0 aromatic heterocycles. The van der Waals surface area contributed by atoms with Crippen molar-refractivity contribution in [2.75, 3.05) is 12.8 Å². The van der Waals surface area contributed by atoms with Crippen LogP contribution in [0.3, 0.4) is 0 Å². The number of likely N-dealkylation sites (N-methyl/N-ethyl adjacent to an activating group) is 1. The summed E-state index contributed by atoms with van der Waals surface area (Å²) >= 11 is 7.26. The number of rotatable bonds is 11. The predicted octanol–water partition coefficient (Wildman–Crippen LogP) is 3.61. The molecule has 264 valence electrons. The van der Waals surface area contributed by atoms with E-state index in [1.165, 1.54) is 0 Å². The molecule has 2 heterocycles. The lowest BCUT2D eigenvalue weighted by molar-refractivity contribution is -0.143. The summed E-state index contributed by atoms with van der Waals surface area (Å²) in [6, 6.07) is 16.6. The molecule has 0 bridgehead atoms. The molecule has 5 atom stereocenters. The largest absolute Gasteiger partial charge is 0.367 e. The third kappa shape index (κ3) is 9.20. The minimum atomic E-state index is -0.931. The second-order valence-electron chi connectivity index (χ2n) is 14.2. The molecule has 2 saturated heterocycles. The fraction of sp³-hybridized carbons (Fsp3) is 0.541. The van der Waals surface area contributed by atoms with Gasteiger partial charge in [0.15, 0.2) is 0 Å². The average molecular weight is 707 g/mol. The Morgan fingerprint density at radius 2 is 1.53 bits per heavy atom. The zero-order valence-electron chi connectivity index (χ0n) is 28.9. The standard InChI is InChI=1S/C37H50N6O4S2/c1-23(38-4)35(48)41-28-19-20-49-30-22-37(2,3)32(43(30)36(28)47)34(46)42-31(25-13-9-6-10-14-25)33(45)40-27-17-15-26(16-18-27)39-29(44)21-24-11-7-5-8-12-24/h5-14,23,26-28,30-32,38H,15-22H2,1-4H3,(H,39,44)(H,40,45)(H,41,48)(H,42,46)/t23-,26?,27?,28-,30-,31-,32+/m0/s1. The van der Waals surface area contributed by atoms with Crippen LogP contribution in [0, 0.1) is 5.41 Å². The highest BCUT2D eigenvalue weighted by Gasteiger charge is 2.54. The Hall–Kier alpha value is -3.48. The van der Waals surface area contributed by atoms with E-state index in [1.54, 1.807) is 16.7 Å². The summed E-state index contributed by atoms with van der Waals surface area (Å²) in [5.74, 6) is -0.00597. The summed E-state index contributed by atoms with van der Waals surface area (Å²) in [6.45, 7) is 5.98. The van der Waals surface area contributed by atoms with Gasteiger partial charge in [0.2, 0.25) is 23.6 Å². The fourth-order valence-corrected chi connectivity index (χ4v) is 9.01. The van der Waals surface area contributed by atoms with Crippen LogP contribution in [0.4, 0.5) is 0 Å². The molecule has 5 N–H and O–H groups in total. The van der Waals surface area contributed by atoms with Crippen LogP contribution in [0.15, 0.2) is 60.7 Å². The van der Waals surface area contributed by atoms with Crippen LogP contribution in [0.25, 0.3) is 0 Å². The molecule has 2 aliphatic heterocycles. The number of benzene rings is 2. The topological polar surface area (TPSA) is 132 Å². The van der Waals surface area contributed by atoms with Gasteiger partial charge in [0.05, 0.1) is 22.8 Å². The maximum Gasteiger partial charge on any atom is 0.247 e. The Morgan fingerprint density at radius 1 is 0.918 bits per heavy atom. The first kappa shape index (κ1) is 36.8. The van der Waals surface area contributed by atoms with Crippen LogP contribution in [-0.4, -0.2) is 81.9 Å².